The zero-order chi connectivity index (χ0) is 13.9. The number of hydrogen-bond donors (Lipinski definition) is 3. The van der Waals surface area contributed by atoms with E-state index in [4.69, 9.17) is 15.6 Å². The topological polar surface area (TPSA) is 102 Å². The summed E-state index contributed by atoms with van der Waals surface area (Å²) < 4.78 is 5.12. The van der Waals surface area contributed by atoms with Crippen LogP contribution in [0.1, 0.15) is 22.3 Å². The molecule has 0 spiro atoms. The minimum atomic E-state index is -0.993. The Morgan fingerprint density at radius 1 is 1.47 bits per heavy atom. The highest BCUT2D eigenvalue weighted by molar-refractivity contribution is 5.88. The smallest absolute Gasteiger partial charge is 0.335 e. The summed E-state index contributed by atoms with van der Waals surface area (Å²) >= 11 is 0. The Kier molecular flexibility index (Phi) is 3.82. The van der Waals surface area contributed by atoms with E-state index in [1.165, 1.54) is 12.1 Å². The van der Waals surface area contributed by atoms with Crippen LogP contribution in [0, 0.1) is 0 Å². The summed E-state index contributed by atoms with van der Waals surface area (Å²) in [6, 6.07) is 6.42. The fourth-order valence-electron chi connectivity index (χ4n) is 1.93. The van der Waals surface area contributed by atoms with Gasteiger partial charge in [0.05, 0.1) is 12.2 Å². The van der Waals surface area contributed by atoms with Crippen molar-refractivity contribution < 1.29 is 19.4 Å². The number of aromatic carboxylic acids is 1. The number of hydrogen-bond acceptors (Lipinski definition) is 4. The van der Waals surface area contributed by atoms with Crippen molar-refractivity contribution in [3.05, 3.63) is 35.4 Å². The van der Waals surface area contributed by atoms with Gasteiger partial charge in [-0.1, -0.05) is 12.1 Å². The quantitative estimate of drug-likeness (QED) is 0.717. The third kappa shape index (κ3) is 3.10. The van der Waals surface area contributed by atoms with Crippen LogP contribution in [0.3, 0.4) is 0 Å². The monoisotopic (exact) mass is 264 g/mol. The van der Waals surface area contributed by atoms with Crippen molar-refractivity contribution in [1.82, 2.24) is 5.32 Å². The molecule has 1 unspecified atom stereocenters. The molecule has 6 nitrogen and oxygen atoms in total. The largest absolute Gasteiger partial charge is 0.478 e. The van der Waals surface area contributed by atoms with Crippen molar-refractivity contribution in [2.45, 2.75) is 18.5 Å². The molecule has 4 N–H and O–H groups in total. The van der Waals surface area contributed by atoms with Gasteiger partial charge in [0.2, 0.25) is 5.91 Å². The molecule has 1 fully saturated rings. The van der Waals surface area contributed by atoms with Gasteiger partial charge in [-0.25, -0.2) is 4.79 Å². The summed E-state index contributed by atoms with van der Waals surface area (Å²) in [5, 5.41) is 11.6. The van der Waals surface area contributed by atoms with Crippen molar-refractivity contribution in [3.8, 4) is 0 Å². The Morgan fingerprint density at radius 2 is 2.26 bits per heavy atom. The number of carboxylic acids is 1. The van der Waals surface area contributed by atoms with Crippen LogP contribution in [0.15, 0.2) is 24.3 Å². The first-order valence-corrected chi connectivity index (χ1v) is 5.98. The van der Waals surface area contributed by atoms with Crippen LogP contribution in [0.25, 0.3) is 0 Å². The summed E-state index contributed by atoms with van der Waals surface area (Å²) in [4.78, 5) is 22.8. The maximum Gasteiger partial charge on any atom is 0.335 e. The first kappa shape index (κ1) is 13.5. The first-order chi connectivity index (χ1) is 9.01. The summed E-state index contributed by atoms with van der Waals surface area (Å²) in [5.41, 5.74) is 5.86. The molecule has 1 amide bonds. The molecule has 0 bridgehead atoms. The molecule has 2 rings (SSSR count). The normalized spacial score (nSPS) is 22.2. The summed E-state index contributed by atoms with van der Waals surface area (Å²) in [6.07, 6.45) is 0.494. The number of carboxylic acid groups (broad SMARTS) is 1. The first-order valence-electron chi connectivity index (χ1n) is 5.98. The molecule has 1 aliphatic heterocycles. The van der Waals surface area contributed by atoms with Gasteiger partial charge < -0.3 is 20.9 Å². The van der Waals surface area contributed by atoms with Crippen LogP contribution in [0.5, 0.6) is 0 Å². The van der Waals surface area contributed by atoms with Gasteiger partial charge in [0, 0.05) is 13.2 Å². The van der Waals surface area contributed by atoms with E-state index in [0.29, 0.717) is 13.0 Å². The van der Waals surface area contributed by atoms with Gasteiger partial charge in [0.25, 0.3) is 0 Å². The van der Waals surface area contributed by atoms with E-state index in [9.17, 15) is 9.59 Å². The van der Waals surface area contributed by atoms with E-state index in [2.05, 4.69) is 5.32 Å². The second kappa shape index (κ2) is 5.38. The van der Waals surface area contributed by atoms with Crippen LogP contribution in [0.2, 0.25) is 0 Å². The van der Waals surface area contributed by atoms with E-state index >= 15 is 0 Å². The van der Waals surface area contributed by atoms with E-state index < -0.39 is 11.5 Å². The Hall–Kier alpha value is -1.92. The van der Waals surface area contributed by atoms with Gasteiger partial charge in [0.1, 0.15) is 5.54 Å². The number of nitrogens with two attached hydrogens (primary N) is 1. The van der Waals surface area contributed by atoms with Crippen LogP contribution in [0.4, 0.5) is 0 Å². The van der Waals surface area contributed by atoms with Gasteiger partial charge in [-0.3, -0.25) is 4.79 Å². The van der Waals surface area contributed by atoms with Crippen molar-refractivity contribution in [2.75, 3.05) is 13.2 Å². The van der Waals surface area contributed by atoms with Crippen molar-refractivity contribution >= 4 is 11.9 Å². The molecule has 0 aromatic heterocycles. The van der Waals surface area contributed by atoms with Crippen molar-refractivity contribution in [2.24, 2.45) is 5.73 Å². The van der Waals surface area contributed by atoms with Crippen molar-refractivity contribution in [1.29, 1.82) is 0 Å². The highest BCUT2D eigenvalue weighted by Crippen LogP contribution is 2.15. The average Bonchev–Trinajstić information content (AvgIpc) is 2.84. The maximum atomic E-state index is 11.9. The summed E-state index contributed by atoms with van der Waals surface area (Å²) in [5.74, 6) is -1.27. The highest BCUT2D eigenvalue weighted by Gasteiger charge is 2.37. The number of carbonyl (C=O) groups is 2. The maximum absolute atomic E-state index is 11.9. The molecule has 0 saturated carbocycles. The zero-order valence-electron chi connectivity index (χ0n) is 10.4. The Bertz CT molecular complexity index is 495. The summed E-state index contributed by atoms with van der Waals surface area (Å²) in [7, 11) is 0. The molecular weight excluding hydrogens is 248 g/mol. The molecule has 19 heavy (non-hydrogen) atoms. The lowest BCUT2D eigenvalue weighted by atomic mass is 9.99. The fraction of sp³-hybridized carbons (Fsp3) is 0.385. The van der Waals surface area contributed by atoms with Gasteiger partial charge in [-0.15, -0.1) is 0 Å². The number of amides is 1. The molecule has 1 aromatic rings. The number of carbonyl (C=O) groups excluding carboxylic acids is 1. The van der Waals surface area contributed by atoms with E-state index in [1.807, 2.05) is 0 Å². The third-order valence-electron chi connectivity index (χ3n) is 3.13. The molecular formula is C13H16N2O4. The minimum Gasteiger partial charge on any atom is -0.478 e. The fourth-order valence-corrected chi connectivity index (χ4v) is 1.93. The average molecular weight is 264 g/mol. The van der Waals surface area contributed by atoms with Gasteiger partial charge in [-0.2, -0.15) is 0 Å². The molecule has 1 atom stereocenters. The molecule has 1 aliphatic rings. The zero-order valence-corrected chi connectivity index (χ0v) is 10.4. The van der Waals surface area contributed by atoms with E-state index in [0.717, 1.165) is 5.56 Å². The van der Waals surface area contributed by atoms with E-state index in [-0.39, 0.29) is 24.6 Å². The Balaban J connectivity index is 1.97. The highest BCUT2D eigenvalue weighted by atomic mass is 16.5. The van der Waals surface area contributed by atoms with E-state index in [1.54, 1.807) is 12.1 Å². The standard InChI is InChI=1S/C13H16N2O4/c14-13(4-5-19-8-13)12(18)15-7-9-2-1-3-10(6-9)11(16)17/h1-3,6H,4-5,7-8,14H2,(H,15,18)(H,16,17). The van der Waals surface area contributed by atoms with Gasteiger partial charge in [0.15, 0.2) is 0 Å². The lowest BCUT2D eigenvalue weighted by Crippen LogP contribution is -2.54. The lowest BCUT2D eigenvalue weighted by molar-refractivity contribution is -0.126. The molecule has 1 heterocycles. The van der Waals surface area contributed by atoms with Gasteiger partial charge >= 0.3 is 5.97 Å². The molecule has 1 aromatic carbocycles. The van der Waals surface area contributed by atoms with Crippen LogP contribution < -0.4 is 11.1 Å². The summed E-state index contributed by atoms with van der Waals surface area (Å²) in [6.45, 7) is 0.950. The second-order valence-corrected chi connectivity index (χ2v) is 4.65. The van der Waals surface area contributed by atoms with Crippen LogP contribution >= 0.6 is 0 Å². The molecule has 6 heteroatoms. The molecule has 0 radical (unpaired) electrons. The lowest BCUT2D eigenvalue weighted by Gasteiger charge is -2.20. The number of ether oxygens (including phenoxy) is 1. The number of rotatable bonds is 4. The van der Waals surface area contributed by atoms with Gasteiger partial charge in [-0.05, 0) is 24.1 Å². The Labute approximate surface area is 110 Å². The van der Waals surface area contributed by atoms with Crippen molar-refractivity contribution in [3.63, 3.8) is 0 Å². The second-order valence-electron chi connectivity index (χ2n) is 4.65. The van der Waals surface area contributed by atoms with Crippen LogP contribution in [-0.4, -0.2) is 35.7 Å². The Morgan fingerprint density at radius 3 is 2.89 bits per heavy atom. The number of benzene rings is 1. The SMILES string of the molecule is NC1(C(=O)NCc2cccc(C(=O)O)c2)CCOC1. The molecule has 102 valence electrons. The van der Waals surface area contributed by atoms with Crippen LogP contribution in [-0.2, 0) is 16.1 Å². The molecule has 0 aliphatic carbocycles. The molecule has 1 saturated heterocycles. The third-order valence-corrected chi connectivity index (χ3v) is 3.13. The predicted molar refractivity (Wildman–Crippen MR) is 67.6 cm³/mol. The minimum absolute atomic E-state index is 0.193. The number of nitrogens with one attached hydrogen (secondary N) is 1. The predicted octanol–water partition coefficient (Wildman–Crippen LogP) is 0.119.